The number of benzene rings is 1. The van der Waals surface area contributed by atoms with Crippen LogP contribution >= 0.6 is 23.2 Å². The second kappa shape index (κ2) is 9.67. The van der Waals surface area contributed by atoms with Gasteiger partial charge in [-0.2, -0.15) is 0 Å². The molecule has 0 radical (unpaired) electrons. The summed E-state index contributed by atoms with van der Waals surface area (Å²) in [5, 5.41) is 0.679. The van der Waals surface area contributed by atoms with Crippen molar-refractivity contribution in [2.45, 2.75) is 20.3 Å². The van der Waals surface area contributed by atoms with Crippen LogP contribution in [0.1, 0.15) is 25.0 Å². The van der Waals surface area contributed by atoms with Crippen LogP contribution in [0.15, 0.2) is 72.2 Å². The highest BCUT2D eigenvalue weighted by molar-refractivity contribution is 6.34. The molecule has 2 nitrogen and oxygen atoms in total. The molecular formula is C21H20Cl2F2N2. The molecule has 0 saturated heterocycles. The smallest absolute Gasteiger partial charge is 0.256 e. The van der Waals surface area contributed by atoms with Gasteiger partial charge in [-0.3, -0.25) is 4.98 Å². The highest BCUT2D eigenvalue weighted by Gasteiger charge is 2.28. The van der Waals surface area contributed by atoms with E-state index in [2.05, 4.69) is 11.6 Å². The maximum Gasteiger partial charge on any atom is 0.256 e. The summed E-state index contributed by atoms with van der Waals surface area (Å²) >= 11 is 12.6. The molecule has 1 aromatic carbocycles. The first-order chi connectivity index (χ1) is 13.0. The largest absolute Gasteiger partial charge is 0.334 e. The summed E-state index contributed by atoms with van der Waals surface area (Å²) < 4.78 is 26.5. The standard InChI is InChI=1S/C19H14Cl2F2N2.C2H6/c1-12-16(20)9-15(13-5-3-2-4-6-13)19(25(12)11-18(22)23)14-7-8-24-10-17(14)21;1-2/h2-10,18H,1,11H2;1-2H3. The van der Waals surface area contributed by atoms with Crippen LogP contribution in [0.2, 0.25) is 5.02 Å². The fourth-order valence-electron chi connectivity index (χ4n) is 2.72. The van der Waals surface area contributed by atoms with E-state index < -0.39 is 13.0 Å². The van der Waals surface area contributed by atoms with Gasteiger partial charge in [-0.15, -0.1) is 0 Å². The maximum absolute atomic E-state index is 13.2. The Labute approximate surface area is 168 Å². The third kappa shape index (κ3) is 4.76. The molecule has 0 unspecified atom stereocenters. The van der Waals surface area contributed by atoms with Gasteiger partial charge in [0.1, 0.15) is 0 Å². The van der Waals surface area contributed by atoms with Crippen LogP contribution in [0.3, 0.4) is 0 Å². The SMILES string of the molecule is C=C1C(Cl)=CC(c2ccccc2)=C(c2ccncc2Cl)N1CC(F)F.CC. The molecule has 0 amide bonds. The minimum Gasteiger partial charge on any atom is -0.334 e. The van der Waals surface area contributed by atoms with Gasteiger partial charge in [-0.25, -0.2) is 8.78 Å². The third-order valence-electron chi connectivity index (χ3n) is 3.83. The molecule has 0 bridgehead atoms. The first kappa shape index (κ1) is 21.1. The Balaban J connectivity index is 0.00000126. The van der Waals surface area contributed by atoms with E-state index in [9.17, 15) is 8.78 Å². The Morgan fingerprint density at radius 2 is 1.78 bits per heavy atom. The predicted molar refractivity (Wildman–Crippen MR) is 110 cm³/mol. The second-order valence-corrected chi connectivity index (χ2v) is 6.24. The zero-order chi connectivity index (χ0) is 20.0. The van der Waals surface area contributed by atoms with Crippen LogP contribution in [0.25, 0.3) is 11.3 Å². The van der Waals surface area contributed by atoms with Crippen LogP contribution in [0, 0.1) is 0 Å². The fraction of sp³-hybridized carbons (Fsp3) is 0.190. The maximum atomic E-state index is 13.2. The average Bonchev–Trinajstić information content (AvgIpc) is 2.68. The van der Waals surface area contributed by atoms with E-state index in [1.165, 1.54) is 11.1 Å². The number of hydrogen-bond acceptors (Lipinski definition) is 2. The summed E-state index contributed by atoms with van der Waals surface area (Å²) in [6.45, 7) is 7.33. The topological polar surface area (TPSA) is 16.1 Å². The lowest BCUT2D eigenvalue weighted by molar-refractivity contribution is 0.123. The molecule has 1 aromatic heterocycles. The summed E-state index contributed by atoms with van der Waals surface area (Å²) in [5.74, 6) is 0. The molecule has 0 spiro atoms. The van der Waals surface area contributed by atoms with E-state index in [0.29, 0.717) is 32.6 Å². The van der Waals surface area contributed by atoms with Gasteiger partial charge in [0, 0.05) is 23.5 Å². The van der Waals surface area contributed by atoms with Gasteiger partial charge >= 0.3 is 0 Å². The zero-order valence-electron chi connectivity index (χ0n) is 15.1. The second-order valence-electron chi connectivity index (χ2n) is 5.42. The molecule has 3 rings (SSSR count). The summed E-state index contributed by atoms with van der Waals surface area (Å²) in [7, 11) is 0. The van der Waals surface area contributed by atoms with Crippen molar-refractivity contribution in [3.05, 3.63) is 88.3 Å². The van der Waals surface area contributed by atoms with Crippen molar-refractivity contribution >= 4 is 34.5 Å². The van der Waals surface area contributed by atoms with Crippen LogP contribution in [0.5, 0.6) is 0 Å². The minimum atomic E-state index is -2.56. The number of rotatable bonds is 4. The molecule has 1 aliphatic rings. The number of allylic oxidation sites excluding steroid dienone is 3. The lowest BCUT2D eigenvalue weighted by Gasteiger charge is -2.34. The molecule has 0 atom stereocenters. The van der Waals surface area contributed by atoms with Gasteiger partial charge in [0.05, 0.1) is 28.0 Å². The van der Waals surface area contributed by atoms with Crippen molar-refractivity contribution in [2.75, 3.05) is 6.54 Å². The quantitative estimate of drug-likeness (QED) is 0.549. The van der Waals surface area contributed by atoms with Crippen molar-refractivity contribution in [3.63, 3.8) is 0 Å². The Morgan fingerprint density at radius 3 is 2.37 bits per heavy atom. The van der Waals surface area contributed by atoms with E-state index in [0.717, 1.165) is 5.56 Å². The molecule has 0 fully saturated rings. The number of hydrogen-bond donors (Lipinski definition) is 0. The van der Waals surface area contributed by atoms with Gasteiger partial charge < -0.3 is 4.90 Å². The number of nitrogens with zero attached hydrogens (tertiary/aromatic N) is 2. The van der Waals surface area contributed by atoms with Crippen molar-refractivity contribution in [1.82, 2.24) is 9.88 Å². The van der Waals surface area contributed by atoms with Crippen molar-refractivity contribution in [3.8, 4) is 0 Å². The Bertz CT molecular complexity index is 861. The summed E-state index contributed by atoms with van der Waals surface area (Å²) in [6.07, 6.45) is 2.22. The van der Waals surface area contributed by atoms with E-state index in [-0.39, 0.29) is 0 Å². The minimum absolute atomic E-state index is 0.310. The van der Waals surface area contributed by atoms with Gasteiger partial charge in [0.2, 0.25) is 0 Å². The first-order valence-corrected chi connectivity index (χ1v) is 9.26. The van der Waals surface area contributed by atoms with Crippen LogP contribution in [-0.4, -0.2) is 22.9 Å². The highest BCUT2D eigenvalue weighted by atomic mass is 35.5. The predicted octanol–water partition coefficient (Wildman–Crippen LogP) is 6.85. The third-order valence-corrected chi connectivity index (χ3v) is 4.46. The van der Waals surface area contributed by atoms with Gasteiger partial charge in [0.15, 0.2) is 0 Å². The Kier molecular flexibility index (Phi) is 7.57. The molecule has 1 aliphatic heterocycles. The van der Waals surface area contributed by atoms with E-state index in [1.54, 1.807) is 18.3 Å². The summed E-state index contributed by atoms with van der Waals surface area (Å²) in [4.78, 5) is 5.39. The van der Waals surface area contributed by atoms with Gasteiger partial charge in [-0.05, 0) is 17.7 Å². The number of pyridine rings is 1. The zero-order valence-corrected chi connectivity index (χ0v) is 16.6. The van der Waals surface area contributed by atoms with Gasteiger partial charge in [0.25, 0.3) is 6.43 Å². The molecule has 2 aromatic rings. The normalized spacial score (nSPS) is 14.1. The number of aromatic nitrogens is 1. The lowest BCUT2D eigenvalue weighted by atomic mass is 9.95. The summed E-state index contributed by atoms with van der Waals surface area (Å²) in [5.41, 5.74) is 2.98. The molecular weight excluding hydrogens is 389 g/mol. The van der Waals surface area contributed by atoms with E-state index >= 15 is 0 Å². The molecule has 0 aliphatic carbocycles. The van der Waals surface area contributed by atoms with Crippen LogP contribution in [-0.2, 0) is 0 Å². The Hall–Kier alpha value is -2.17. The molecule has 0 N–H and O–H groups in total. The Morgan fingerprint density at radius 1 is 1.11 bits per heavy atom. The van der Waals surface area contributed by atoms with Crippen molar-refractivity contribution in [2.24, 2.45) is 0 Å². The molecule has 142 valence electrons. The fourth-order valence-corrected chi connectivity index (χ4v) is 3.14. The van der Waals surface area contributed by atoms with Crippen LogP contribution in [0.4, 0.5) is 8.78 Å². The van der Waals surface area contributed by atoms with Gasteiger partial charge in [-0.1, -0.05) is 74.0 Å². The molecule has 0 saturated carbocycles. The molecule has 27 heavy (non-hydrogen) atoms. The average molecular weight is 409 g/mol. The van der Waals surface area contributed by atoms with Crippen LogP contribution < -0.4 is 0 Å². The van der Waals surface area contributed by atoms with Crippen molar-refractivity contribution in [1.29, 1.82) is 0 Å². The first-order valence-electron chi connectivity index (χ1n) is 8.50. The van der Waals surface area contributed by atoms with E-state index in [1.807, 2.05) is 44.2 Å². The monoisotopic (exact) mass is 408 g/mol. The number of alkyl halides is 2. The molecule has 2 heterocycles. The summed E-state index contributed by atoms with van der Waals surface area (Å²) in [6, 6.07) is 11.1. The van der Waals surface area contributed by atoms with Crippen molar-refractivity contribution < 1.29 is 8.78 Å². The molecule has 6 heteroatoms. The van der Waals surface area contributed by atoms with E-state index in [4.69, 9.17) is 23.2 Å². The highest BCUT2D eigenvalue weighted by Crippen LogP contribution is 2.42. The number of halogens is 4. The lowest BCUT2D eigenvalue weighted by Crippen LogP contribution is -2.29.